The van der Waals surface area contributed by atoms with Gasteiger partial charge in [-0.15, -0.1) is 11.3 Å². The third kappa shape index (κ3) is 3.09. The number of hydrogen-bond donors (Lipinski definition) is 0. The van der Waals surface area contributed by atoms with Crippen LogP contribution in [0, 0.1) is 6.92 Å². The molecule has 0 N–H and O–H groups in total. The van der Waals surface area contributed by atoms with E-state index in [0.29, 0.717) is 21.5 Å². The average Bonchev–Trinajstić information content (AvgIpc) is 3.03. The van der Waals surface area contributed by atoms with Gasteiger partial charge < -0.3 is 4.90 Å². The first-order valence-corrected chi connectivity index (χ1v) is 8.56. The normalized spacial score (nSPS) is 11.2. The predicted molar refractivity (Wildman–Crippen MR) is 95.6 cm³/mol. The lowest BCUT2D eigenvalue weighted by atomic mass is 10.2. The Bertz CT molecular complexity index is 866. The number of thiophene rings is 1. The van der Waals surface area contributed by atoms with E-state index < -0.39 is 0 Å². The molecule has 0 unspecified atom stereocenters. The Labute approximate surface area is 148 Å². The molecule has 3 aromatic rings. The molecule has 3 rings (SSSR count). The predicted octanol–water partition coefficient (Wildman–Crippen LogP) is 4.52. The number of hydrogen-bond acceptors (Lipinski definition) is 3. The Balaban J connectivity index is 1.84. The van der Waals surface area contributed by atoms with Crippen molar-refractivity contribution in [3.05, 3.63) is 50.4 Å². The van der Waals surface area contributed by atoms with Crippen LogP contribution in [0.3, 0.4) is 0 Å². The number of aryl methyl sites for hydroxylation is 2. The number of halogens is 2. The Morgan fingerprint density at radius 1 is 1.35 bits per heavy atom. The van der Waals surface area contributed by atoms with E-state index in [1.807, 2.05) is 30.8 Å². The van der Waals surface area contributed by atoms with E-state index in [2.05, 4.69) is 5.10 Å². The molecule has 0 saturated carbocycles. The zero-order valence-corrected chi connectivity index (χ0v) is 15.3. The van der Waals surface area contributed by atoms with Crippen molar-refractivity contribution in [2.45, 2.75) is 13.5 Å². The van der Waals surface area contributed by atoms with Crippen molar-refractivity contribution in [1.29, 1.82) is 0 Å². The van der Waals surface area contributed by atoms with Crippen LogP contribution in [0.1, 0.15) is 20.9 Å². The molecule has 1 aromatic carbocycles. The summed E-state index contributed by atoms with van der Waals surface area (Å²) < 4.78 is 1.81. The molecular formula is C16H15Cl2N3OS. The molecule has 0 aliphatic carbocycles. The summed E-state index contributed by atoms with van der Waals surface area (Å²) in [7, 11) is 3.65. The molecule has 0 fully saturated rings. The summed E-state index contributed by atoms with van der Waals surface area (Å²) in [5.74, 6) is -0.0309. The Morgan fingerprint density at radius 2 is 2.09 bits per heavy atom. The molecule has 1 amide bonds. The van der Waals surface area contributed by atoms with Gasteiger partial charge in [0, 0.05) is 36.1 Å². The van der Waals surface area contributed by atoms with E-state index in [1.165, 1.54) is 11.3 Å². The highest BCUT2D eigenvalue weighted by Gasteiger charge is 2.19. The zero-order valence-electron chi connectivity index (χ0n) is 12.9. The van der Waals surface area contributed by atoms with Crippen molar-refractivity contribution >= 4 is 50.7 Å². The highest BCUT2D eigenvalue weighted by Crippen LogP contribution is 2.29. The lowest BCUT2D eigenvalue weighted by molar-refractivity contribution is 0.0790. The lowest BCUT2D eigenvalue weighted by Crippen LogP contribution is -2.25. The van der Waals surface area contributed by atoms with Crippen LogP contribution in [-0.2, 0) is 13.6 Å². The van der Waals surface area contributed by atoms with E-state index in [9.17, 15) is 4.79 Å². The van der Waals surface area contributed by atoms with Gasteiger partial charge in [-0.05, 0) is 30.7 Å². The molecular weight excluding hydrogens is 353 g/mol. The molecule has 0 saturated heterocycles. The maximum absolute atomic E-state index is 12.7. The van der Waals surface area contributed by atoms with E-state index in [1.54, 1.807) is 24.1 Å². The van der Waals surface area contributed by atoms with Gasteiger partial charge in [-0.2, -0.15) is 5.10 Å². The number of rotatable bonds is 3. The van der Waals surface area contributed by atoms with Gasteiger partial charge in [0.1, 0.15) is 4.83 Å². The maximum atomic E-state index is 12.7. The summed E-state index contributed by atoms with van der Waals surface area (Å²) in [4.78, 5) is 16.0. The van der Waals surface area contributed by atoms with Gasteiger partial charge in [-0.3, -0.25) is 9.48 Å². The second kappa shape index (κ2) is 6.15. The Kier molecular flexibility index (Phi) is 4.36. The highest BCUT2D eigenvalue weighted by atomic mass is 35.5. The molecule has 120 valence electrons. The summed E-state index contributed by atoms with van der Waals surface area (Å²) in [6.07, 6.45) is 0. The summed E-state index contributed by atoms with van der Waals surface area (Å²) >= 11 is 13.5. The maximum Gasteiger partial charge on any atom is 0.264 e. The van der Waals surface area contributed by atoms with Gasteiger partial charge in [0.2, 0.25) is 0 Å². The van der Waals surface area contributed by atoms with Crippen LogP contribution in [0.25, 0.3) is 10.2 Å². The average molecular weight is 368 g/mol. The molecule has 0 radical (unpaired) electrons. The van der Waals surface area contributed by atoms with Gasteiger partial charge in [-0.1, -0.05) is 29.3 Å². The number of carbonyl (C=O) groups excluding carboxylic acids is 1. The van der Waals surface area contributed by atoms with Gasteiger partial charge >= 0.3 is 0 Å². The molecule has 0 spiro atoms. The van der Waals surface area contributed by atoms with Crippen LogP contribution >= 0.6 is 34.5 Å². The highest BCUT2D eigenvalue weighted by molar-refractivity contribution is 7.20. The number of fused-ring (bicyclic) bond motifs is 1. The monoisotopic (exact) mass is 367 g/mol. The fourth-order valence-corrected chi connectivity index (χ4v) is 4.06. The van der Waals surface area contributed by atoms with Crippen LogP contribution in [0.5, 0.6) is 0 Å². The lowest BCUT2D eigenvalue weighted by Gasteiger charge is -2.17. The standard InChI is InChI=1S/C16H15Cl2N3OS/c1-9-12-7-14(23-16(12)21(3)19-9)15(22)20(2)8-10-4-5-11(17)6-13(10)18/h4-7H,8H2,1-3H3. The smallest absolute Gasteiger partial charge is 0.264 e. The van der Waals surface area contributed by atoms with Crippen molar-refractivity contribution in [3.63, 3.8) is 0 Å². The molecule has 0 aliphatic rings. The molecule has 4 nitrogen and oxygen atoms in total. The first kappa shape index (κ1) is 16.3. The second-order valence-corrected chi connectivity index (χ2v) is 7.31. The third-order valence-electron chi connectivity index (χ3n) is 3.68. The van der Waals surface area contributed by atoms with E-state index >= 15 is 0 Å². The van der Waals surface area contributed by atoms with Crippen LogP contribution < -0.4 is 0 Å². The molecule has 0 aliphatic heterocycles. The summed E-state index contributed by atoms with van der Waals surface area (Å²) in [5, 5.41) is 6.53. The molecule has 0 atom stereocenters. The van der Waals surface area contributed by atoms with E-state index in [0.717, 1.165) is 21.5 Å². The van der Waals surface area contributed by atoms with Crippen LogP contribution in [0.4, 0.5) is 0 Å². The van der Waals surface area contributed by atoms with Gasteiger partial charge in [-0.25, -0.2) is 0 Å². The zero-order chi connectivity index (χ0) is 16.7. The summed E-state index contributed by atoms with van der Waals surface area (Å²) in [6.45, 7) is 2.38. The van der Waals surface area contributed by atoms with Crippen molar-refractivity contribution in [2.24, 2.45) is 7.05 Å². The first-order chi connectivity index (χ1) is 10.9. The molecule has 2 aromatic heterocycles. The molecule has 0 bridgehead atoms. The Hall–Kier alpha value is -1.56. The van der Waals surface area contributed by atoms with Crippen molar-refractivity contribution in [2.75, 3.05) is 7.05 Å². The minimum atomic E-state index is -0.0309. The quantitative estimate of drug-likeness (QED) is 0.682. The number of amides is 1. The third-order valence-corrected chi connectivity index (χ3v) is 5.45. The minimum Gasteiger partial charge on any atom is -0.337 e. The fourth-order valence-electron chi connectivity index (χ4n) is 2.48. The fraction of sp³-hybridized carbons (Fsp3) is 0.250. The van der Waals surface area contributed by atoms with Gasteiger partial charge in [0.15, 0.2) is 0 Å². The molecule has 23 heavy (non-hydrogen) atoms. The van der Waals surface area contributed by atoms with Crippen LogP contribution in [0.15, 0.2) is 24.3 Å². The number of benzene rings is 1. The van der Waals surface area contributed by atoms with E-state index in [-0.39, 0.29) is 5.91 Å². The van der Waals surface area contributed by atoms with E-state index in [4.69, 9.17) is 23.2 Å². The SMILES string of the molecule is Cc1nn(C)c2sc(C(=O)N(C)Cc3ccc(Cl)cc3Cl)cc12. The van der Waals surface area contributed by atoms with Crippen molar-refractivity contribution in [1.82, 2.24) is 14.7 Å². The van der Waals surface area contributed by atoms with Crippen LogP contribution in [0.2, 0.25) is 10.0 Å². The Morgan fingerprint density at radius 3 is 2.74 bits per heavy atom. The van der Waals surface area contributed by atoms with Gasteiger partial charge in [0.25, 0.3) is 5.91 Å². The summed E-state index contributed by atoms with van der Waals surface area (Å²) in [6, 6.07) is 7.21. The minimum absolute atomic E-state index is 0.0309. The number of aromatic nitrogens is 2. The first-order valence-electron chi connectivity index (χ1n) is 6.99. The number of nitrogens with zero attached hydrogens (tertiary/aromatic N) is 3. The second-order valence-electron chi connectivity index (χ2n) is 5.44. The summed E-state index contributed by atoms with van der Waals surface area (Å²) in [5.41, 5.74) is 1.80. The van der Waals surface area contributed by atoms with Crippen LogP contribution in [-0.4, -0.2) is 27.6 Å². The van der Waals surface area contributed by atoms with Crippen molar-refractivity contribution in [3.8, 4) is 0 Å². The largest absolute Gasteiger partial charge is 0.337 e. The molecule has 2 heterocycles. The van der Waals surface area contributed by atoms with Gasteiger partial charge in [0.05, 0.1) is 10.6 Å². The molecule has 7 heteroatoms. The van der Waals surface area contributed by atoms with Crippen molar-refractivity contribution < 1.29 is 4.79 Å². The topological polar surface area (TPSA) is 38.1 Å². The number of carbonyl (C=O) groups is 1.